The van der Waals surface area contributed by atoms with Crippen LogP contribution in [0.25, 0.3) is 0 Å². The Labute approximate surface area is 193 Å². The van der Waals surface area contributed by atoms with Crippen LogP contribution in [-0.2, 0) is 20.8 Å². The molecular formula is C21H25FN4O8. The van der Waals surface area contributed by atoms with Crippen molar-refractivity contribution < 1.29 is 43.9 Å². The summed E-state index contributed by atoms with van der Waals surface area (Å²) in [4.78, 5) is 28.7. The van der Waals surface area contributed by atoms with Crippen molar-refractivity contribution in [3.05, 3.63) is 47.8 Å². The molecule has 12 nitrogen and oxygen atoms in total. The Bertz CT molecular complexity index is 1020. The predicted molar refractivity (Wildman–Crippen MR) is 116 cm³/mol. The highest BCUT2D eigenvalue weighted by molar-refractivity contribution is 5.88. The topological polar surface area (TPSA) is 188 Å². The highest BCUT2D eigenvalue weighted by Crippen LogP contribution is 2.30. The minimum Gasteiger partial charge on any atom is -0.479 e. The van der Waals surface area contributed by atoms with Gasteiger partial charge in [-0.3, -0.25) is 5.32 Å². The van der Waals surface area contributed by atoms with Crippen LogP contribution in [0, 0.1) is 5.82 Å². The molecule has 0 bridgehead atoms. The third-order valence-electron chi connectivity index (χ3n) is 5.12. The lowest BCUT2D eigenvalue weighted by atomic mass is 9.97. The molecule has 1 aromatic heterocycles. The summed E-state index contributed by atoms with van der Waals surface area (Å²) in [6.45, 7) is 1.69. The molecule has 1 saturated heterocycles. The van der Waals surface area contributed by atoms with Crippen LogP contribution in [0.1, 0.15) is 12.5 Å². The molecule has 1 amide bonds. The van der Waals surface area contributed by atoms with Crippen molar-refractivity contribution in [2.75, 3.05) is 22.6 Å². The second-order valence-corrected chi connectivity index (χ2v) is 7.46. The maximum absolute atomic E-state index is 13.4. The highest BCUT2D eigenvalue weighted by atomic mass is 19.1. The highest BCUT2D eigenvalue weighted by Gasteiger charge is 2.49. The lowest BCUT2D eigenvalue weighted by molar-refractivity contribution is -0.227. The van der Waals surface area contributed by atoms with Crippen molar-refractivity contribution in [3.8, 4) is 0 Å². The summed E-state index contributed by atoms with van der Waals surface area (Å²) in [5, 5.41) is 42.7. The van der Waals surface area contributed by atoms with E-state index in [9.17, 15) is 34.4 Å². The van der Waals surface area contributed by atoms with Crippen LogP contribution in [-0.4, -0.2) is 74.7 Å². The first-order valence-corrected chi connectivity index (χ1v) is 10.3. The van der Waals surface area contributed by atoms with E-state index in [1.54, 1.807) is 6.92 Å². The van der Waals surface area contributed by atoms with Gasteiger partial charge in [0.25, 0.3) is 0 Å². The largest absolute Gasteiger partial charge is 0.479 e. The van der Waals surface area contributed by atoms with Crippen LogP contribution in [0.3, 0.4) is 0 Å². The van der Waals surface area contributed by atoms with E-state index in [0.29, 0.717) is 5.56 Å². The molecule has 2 aromatic rings. The van der Waals surface area contributed by atoms with Gasteiger partial charge in [0, 0.05) is 6.54 Å². The number of pyridine rings is 1. The first-order chi connectivity index (χ1) is 16.1. The molecule has 2 heterocycles. The zero-order valence-corrected chi connectivity index (χ0v) is 18.0. The quantitative estimate of drug-likeness (QED) is 0.319. The number of benzene rings is 1. The van der Waals surface area contributed by atoms with Crippen molar-refractivity contribution in [1.82, 2.24) is 4.98 Å². The normalized spacial score (nSPS) is 24.3. The Kier molecular flexibility index (Phi) is 7.83. The second kappa shape index (κ2) is 10.6. The number of aliphatic carboxylic acids is 1. The van der Waals surface area contributed by atoms with E-state index in [1.165, 1.54) is 41.3 Å². The van der Waals surface area contributed by atoms with Crippen molar-refractivity contribution in [2.45, 2.75) is 44.1 Å². The number of aliphatic hydroxyl groups excluding tert-OH is 3. The van der Waals surface area contributed by atoms with Crippen molar-refractivity contribution in [1.29, 1.82) is 0 Å². The van der Waals surface area contributed by atoms with Crippen LogP contribution < -0.4 is 16.0 Å². The average Bonchev–Trinajstić information content (AvgIpc) is 2.79. The fourth-order valence-corrected chi connectivity index (χ4v) is 3.42. The zero-order valence-electron chi connectivity index (χ0n) is 18.0. The minimum absolute atomic E-state index is 0.0751. The summed E-state index contributed by atoms with van der Waals surface area (Å²) in [6, 6.07) is 8.14. The summed E-state index contributed by atoms with van der Waals surface area (Å²) < 4.78 is 23.6. The molecule has 34 heavy (non-hydrogen) atoms. The van der Waals surface area contributed by atoms with Crippen LogP contribution in [0.4, 0.5) is 26.5 Å². The van der Waals surface area contributed by atoms with Gasteiger partial charge in [-0.15, -0.1) is 0 Å². The van der Waals surface area contributed by atoms with E-state index in [0.717, 1.165) is 0 Å². The van der Waals surface area contributed by atoms with E-state index in [4.69, 9.17) is 15.2 Å². The van der Waals surface area contributed by atoms with Crippen LogP contribution >= 0.6 is 0 Å². The lowest BCUT2D eigenvalue weighted by Crippen LogP contribution is -2.64. The van der Waals surface area contributed by atoms with Gasteiger partial charge in [-0.1, -0.05) is 12.1 Å². The smallest absolute Gasteiger partial charge is 0.411 e. The van der Waals surface area contributed by atoms with Gasteiger partial charge in [-0.2, -0.15) is 0 Å². The lowest BCUT2D eigenvalue weighted by Gasteiger charge is -2.44. The average molecular weight is 480 g/mol. The molecule has 184 valence electrons. The molecule has 1 aliphatic heterocycles. The first kappa shape index (κ1) is 25.1. The summed E-state index contributed by atoms with van der Waals surface area (Å²) in [5.74, 6) is -2.08. The zero-order chi connectivity index (χ0) is 25.0. The molecule has 0 saturated carbocycles. The predicted octanol–water partition coefficient (Wildman–Crippen LogP) is 0.270. The van der Waals surface area contributed by atoms with E-state index < -0.39 is 48.5 Å². The molecule has 1 aromatic carbocycles. The maximum Gasteiger partial charge on any atom is 0.411 e. The standard InChI is InChI=1S/C21H25FN4O8/c1-2-33-21(32)24-12-7-8-13(25-18(12)23)26(9-10-3-5-11(22)6-4-10)19-16(29)14(27)15(28)17(34-19)20(30)31/h3-8,14-17,19,27-29H,2,9H2,1H3,(H2,23,25)(H,24,32)(H,30,31)/t14?,15-,16?,17?,19-/m1/s1. The number of ether oxygens (including phenoxy) is 2. The third kappa shape index (κ3) is 5.51. The molecule has 3 rings (SSSR count). The summed E-state index contributed by atoms with van der Waals surface area (Å²) >= 11 is 0. The van der Waals surface area contributed by atoms with E-state index in [-0.39, 0.29) is 30.5 Å². The number of halogens is 1. The number of nitrogens with zero attached hydrogens (tertiary/aromatic N) is 2. The molecule has 3 unspecified atom stereocenters. The summed E-state index contributed by atoms with van der Waals surface area (Å²) in [7, 11) is 0. The fraction of sp³-hybridized carbons (Fsp3) is 0.381. The van der Waals surface area contributed by atoms with Crippen molar-refractivity contribution in [3.63, 3.8) is 0 Å². The Balaban J connectivity index is 1.98. The number of nitrogens with one attached hydrogen (secondary N) is 1. The number of hydrogen-bond donors (Lipinski definition) is 6. The van der Waals surface area contributed by atoms with Gasteiger partial charge in [0.15, 0.2) is 12.3 Å². The number of carbonyl (C=O) groups is 2. The molecule has 0 spiro atoms. The number of anilines is 3. The van der Waals surface area contributed by atoms with Gasteiger partial charge < -0.3 is 40.5 Å². The van der Waals surface area contributed by atoms with Crippen LogP contribution in [0.2, 0.25) is 0 Å². The van der Waals surface area contributed by atoms with E-state index in [2.05, 4.69) is 10.3 Å². The van der Waals surface area contributed by atoms with Gasteiger partial charge in [0.1, 0.15) is 35.8 Å². The molecule has 1 aliphatic rings. The third-order valence-corrected chi connectivity index (χ3v) is 5.12. The Morgan fingerprint density at radius 1 is 1.15 bits per heavy atom. The van der Waals surface area contributed by atoms with Crippen LogP contribution in [0.15, 0.2) is 36.4 Å². The summed E-state index contributed by atoms with van der Waals surface area (Å²) in [6.07, 6.45) is -9.56. The van der Waals surface area contributed by atoms with E-state index >= 15 is 0 Å². The fourth-order valence-electron chi connectivity index (χ4n) is 3.42. The maximum atomic E-state index is 13.4. The van der Waals surface area contributed by atoms with Crippen molar-refractivity contribution >= 4 is 29.4 Å². The molecule has 0 aliphatic carbocycles. The number of amides is 1. The monoisotopic (exact) mass is 480 g/mol. The SMILES string of the molecule is CCOC(=O)Nc1ccc(N(Cc2ccc(F)cc2)[C@@H]2OC(C(=O)O)[C@H](O)C(O)C2O)nc1N. The first-order valence-electron chi connectivity index (χ1n) is 10.3. The molecule has 13 heteroatoms. The Morgan fingerprint density at radius 3 is 2.41 bits per heavy atom. The van der Waals surface area contributed by atoms with E-state index in [1.807, 2.05) is 0 Å². The number of aromatic nitrogens is 1. The Morgan fingerprint density at radius 2 is 1.82 bits per heavy atom. The number of aliphatic hydroxyl groups is 3. The van der Waals surface area contributed by atoms with Gasteiger partial charge in [0.05, 0.1) is 12.3 Å². The number of carboxylic acids is 1. The van der Waals surface area contributed by atoms with Gasteiger partial charge in [-0.25, -0.2) is 19.0 Å². The Hall–Kier alpha value is -3.52. The minimum atomic E-state index is -1.88. The number of rotatable bonds is 7. The van der Waals surface area contributed by atoms with Crippen molar-refractivity contribution in [2.24, 2.45) is 0 Å². The number of carbonyl (C=O) groups excluding carboxylic acids is 1. The molecule has 0 radical (unpaired) electrons. The summed E-state index contributed by atoms with van der Waals surface area (Å²) in [5.41, 5.74) is 6.62. The van der Waals surface area contributed by atoms with Gasteiger partial charge >= 0.3 is 12.1 Å². The molecular weight excluding hydrogens is 455 g/mol. The molecule has 1 fully saturated rings. The number of hydrogen-bond acceptors (Lipinski definition) is 10. The van der Waals surface area contributed by atoms with Gasteiger partial charge in [-0.05, 0) is 36.8 Å². The number of nitrogens with two attached hydrogens (primary N) is 1. The number of carboxylic acid groups (broad SMARTS) is 1. The molecule has 7 N–H and O–H groups in total. The van der Waals surface area contributed by atoms with Gasteiger partial charge in [0.2, 0.25) is 0 Å². The second-order valence-electron chi connectivity index (χ2n) is 7.46. The van der Waals surface area contributed by atoms with Crippen LogP contribution in [0.5, 0.6) is 0 Å². The molecule has 5 atom stereocenters. The number of nitrogen functional groups attached to an aromatic ring is 1.